The maximum absolute atomic E-state index is 4.30. The minimum Gasteiger partial charge on any atom is -0.307 e. The van der Waals surface area contributed by atoms with E-state index in [9.17, 15) is 0 Å². The molecule has 88 valence electrons. The van der Waals surface area contributed by atoms with E-state index in [1.807, 2.05) is 28.9 Å². The largest absolute Gasteiger partial charge is 0.307 e. The second-order valence-electron chi connectivity index (χ2n) is 4.19. The number of aromatic nitrogens is 3. The quantitative estimate of drug-likeness (QED) is 0.940. The van der Waals surface area contributed by atoms with Crippen molar-refractivity contribution in [2.24, 2.45) is 0 Å². The van der Waals surface area contributed by atoms with Crippen LogP contribution in [0.2, 0.25) is 0 Å². The number of nitrogens with one attached hydrogen (secondary N) is 1. The van der Waals surface area contributed by atoms with Crippen molar-refractivity contribution in [3.8, 4) is 5.69 Å². The van der Waals surface area contributed by atoms with E-state index in [4.69, 9.17) is 0 Å². The van der Waals surface area contributed by atoms with Gasteiger partial charge in [-0.2, -0.15) is 5.10 Å². The minimum absolute atomic E-state index is 0.680. The van der Waals surface area contributed by atoms with Gasteiger partial charge in [-0.15, -0.1) is 0 Å². The molecule has 1 fully saturated rings. The Balaban J connectivity index is 1.86. The highest BCUT2D eigenvalue weighted by Gasteiger charge is 2.21. The molecular formula is C12H13BrN4. The van der Waals surface area contributed by atoms with Gasteiger partial charge in [-0.1, -0.05) is 12.1 Å². The molecule has 1 aliphatic rings. The summed E-state index contributed by atoms with van der Waals surface area (Å²) in [6.07, 6.45) is 4.16. The number of halogens is 1. The zero-order valence-electron chi connectivity index (χ0n) is 9.31. The van der Waals surface area contributed by atoms with E-state index in [-0.39, 0.29) is 0 Å². The maximum Gasteiger partial charge on any atom is 0.146 e. The van der Waals surface area contributed by atoms with Crippen LogP contribution in [0.1, 0.15) is 18.7 Å². The SMILES string of the molecule is Brc1ccccc1-n1ncnc1CNC1CC1. The molecule has 17 heavy (non-hydrogen) atoms. The number of hydrogen-bond donors (Lipinski definition) is 1. The molecule has 0 amide bonds. The highest BCUT2D eigenvalue weighted by Crippen LogP contribution is 2.22. The molecule has 1 saturated carbocycles. The normalized spacial score (nSPS) is 15.1. The summed E-state index contributed by atoms with van der Waals surface area (Å²) in [5, 5.41) is 7.73. The lowest BCUT2D eigenvalue weighted by Gasteiger charge is -2.08. The van der Waals surface area contributed by atoms with Crippen molar-refractivity contribution in [1.82, 2.24) is 20.1 Å². The molecule has 1 aliphatic carbocycles. The molecule has 4 nitrogen and oxygen atoms in total. The summed E-state index contributed by atoms with van der Waals surface area (Å²) >= 11 is 3.54. The molecule has 0 spiro atoms. The van der Waals surface area contributed by atoms with Crippen LogP contribution >= 0.6 is 15.9 Å². The molecule has 5 heteroatoms. The third kappa shape index (κ3) is 2.40. The standard InChI is InChI=1S/C12H13BrN4/c13-10-3-1-2-4-11(10)17-12(15-8-16-17)7-14-9-5-6-9/h1-4,8-9,14H,5-7H2. The van der Waals surface area contributed by atoms with Crippen LogP contribution < -0.4 is 5.32 Å². The van der Waals surface area contributed by atoms with Crippen molar-refractivity contribution in [1.29, 1.82) is 0 Å². The van der Waals surface area contributed by atoms with Crippen molar-refractivity contribution in [2.75, 3.05) is 0 Å². The second-order valence-corrected chi connectivity index (χ2v) is 5.05. The van der Waals surface area contributed by atoms with Gasteiger partial charge >= 0.3 is 0 Å². The zero-order chi connectivity index (χ0) is 11.7. The van der Waals surface area contributed by atoms with E-state index in [2.05, 4.69) is 31.3 Å². The Bertz CT molecular complexity index is 519. The number of para-hydroxylation sites is 1. The molecule has 1 aromatic carbocycles. The summed E-state index contributed by atoms with van der Waals surface area (Å²) in [4.78, 5) is 4.30. The van der Waals surface area contributed by atoms with E-state index in [1.54, 1.807) is 6.33 Å². The topological polar surface area (TPSA) is 42.7 Å². The van der Waals surface area contributed by atoms with Crippen LogP contribution in [0, 0.1) is 0 Å². The first-order valence-corrected chi connectivity index (χ1v) is 6.51. The predicted molar refractivity (Wildman–Crippen MR) is 68.9 cm³/mol. The summed E-state index contributed by atoms with van der Waals surface area (Å²) in [6.45, 7) is 0.770. The van der Waals surface area contributed by atoms with Gasteiger partial charge in [-0.05, 0) is 40.9 Å². The first-order valence-electron chi connectivity index (χ1n) is 5.72. The zero-order valence-corrected chi connectivity index (χ0v) is 10.9. The van der Waals surface area contributed by atoms with Crippen LogP contribution in [0.4, 0.5) is 0 Å². The molecule has 0 aliphatic heterocycles. The van der Waals surface area contributed by atoms with Crippen molar-refractivity contribution in [3.63, 3.8) is 0 Å². The van der Waals surface area contributed by atoms with Gasteiger partial charge in [-0.25, -0.2) is 9.67 Å². The Morgan fingerprint density at radius 1 is 1.35 bits per heavy atom. The molecule has 0 radical (unpaired) electrons. The lowest BCUT2D eigenvalue weighted by atomic mass is 10.3. The predicted octanol–water partition coefficient (Wildman–Crippen LogP) is 2.28. The fourth-order valence-corrected chi connectivity index (χ4v) is 2.19. The molecule has 3 rings (SSSR count). The molecule has 1 heterocycles. The number of hydrogen-bond acceptors (Lipinski definition) is 3. The van der Waals surface area contributed by atoms with Crippen LogP contribution in [0.5, 0.6) is 0 Å². The first kappa shape index (κ1) is 10.9. The van der Waals surface area contributed by atoms with Crippen LogP contribution in [-0.4, -0.2) is 20.8 Å². The summed E-state index contributed by atoms with van der Waals surface area (Å²) in [5.41, 5.74) is 1.03. The van der Waals surface area contributed by atoms with Crippen LogP contribution in [0.3, 0.4) is 0 Å². The fraction of sp³-hybridized carbons (Fsp3) is 0.333. The van der Waals surface area contributed by atoms with Crippen molar-refractivity contribution in [2.45, 2.75) is 25.4 Å². The van der Waals surface area contributed by atoms with Crippen LogP contribution in [0.25, 0.3) is 5.69 Å². The average Bonchev–Trinajstić information content (AvgIpc) is 3.06. The Kier molecular flexibility index (Phi) is 2.94. The van der Waals surface area contributed by atoms with Crippen molar-refractivity contribution < 1.29 is 0 Å². The molecule has 0 unspecified atom stereocenters. The summed E-state index contributed by atoms with van der Waals surface area (Å²) in [5.74, 6) is 0.948. The van der Waals surface area contributed by atoms with Gasteiger partial charge in [0.15, 0.2) is 0 Å². The van der Waals surface area contributed by atoms with Crippen LogP contribution in [-0.2, 0) is 6.54 Å². The Morgan fingerprint density at radius 2 is 2.18 bits per heavy atom. The van der Waals surface area contributed by atoms with Gasteiger partial charge in [0.1, 0.15) is 12.2 Å². The highest BCUT2D eigenvalue weighted by molar-refractivity contribution is 9.10. The van der Waals surface area contributed by atoms with Crippen molar-refractivity contribution in [3.05, 3.63) is 40.9 Å². The van der Waals surface area contributed by atoms with E-state index >= 15 is 0 Å². The van der Waals surface area contributed by atoms with Gasteiger partial charge in [-0.3, -0.25) is 0 Å². The van der Waals surface area contributed by atoms with Crippen LogP contribution in [0.15, 0.2) is 35.1 Å². The number of rotatable bonds is 4. The number of nitrogens with zero attached hydrogens (tertiary/aromatic N) is 3. The van der Waals surface area contributed by atoms with E-state index < -0.39 is 0 Å². The Morgan fingerprint density at radius 3 is 2.94 bits per heavy atom. The third-order valence-corrected chi connectivity index (χ3v) is 3.50. The van der Waals surface area contributed by atoms with Gasteiger partial charge < -0.3 is 5.32 Å². The molecule has 0 atom stereocenters. The number of benzene rings is 1. The summed E-state index contributed by atoms with van der Waals surface area (Å²) in [6, 6.07) is 8.71. The van der Waals surface area contributed by atoms with Gasteiger partial charge in [0.2, 0.25) is 0 Å². The maximum atomic E-state index is 4.30. The minimum atomic E-state index is 0.680. The molecule has 0 bridgehead atoms. The smallest absolute Gasteiger partial charge is 0.146 e. The van der Waals surface area contributed by atoms with Gasteiger partial charge in [0.25, 0.3) is 0 Å². The molecule has 2 aromatic rings. The van der Waals surface area contributed by atoms with Gasteiger partial charge in [0.05, 0.1) is 12.2 Å². The molecular weight excluding hydrogens is 280 g/mol. The Labute approximate surface area is 108 Å². The lowest BCUT2D eigenvalue weighted by molar-refractivity contribution is 0.637. The Hall–Kier alpha value is -1.20. The molecule has 1 N–H and O–H groups in total. The third-order valence-electron chi connectivity index (χ3n) is 2.83. The highest BCUT2D eigenvalue weighted by atomic mass is 79.9. The first-order chi connectivity index (χ1) is 8.34. The molecule has 1 aromatic heterocycles. The summed E-state index contributed by atoms with van der Waals surface area (Å²) < 4.78 is 2.90. The lowest BCUT2D eigenvalue weighted by Crippen LogP contribution is -2.19. The molecule has 0 saturated heterocycles. The second kappa shape index (κ2) is 4.58. The fourth-order valence-electron chi connectivity index (χ4n) is 1.73. The van der Waals surface area contributed by atoms with E-state index in [1.165, 1.54) is 12.8 Å². The average molecular weight is 293 g/mol. The summed E-state index contributed by atoms with van der Waals surface area (Å²) in [7, 11) is 0. The van der Waals surface area contributed by atoms with E-state index in [0.29, 0.717) is 6.04 Å². The van der Waals surface area contributed by atoms with E-state index in [0.717, 1.165) is 22.5 Å². The monoisotopic (exact) mass is 292 g/mol. The van der Waals surface area contributed by atoms with Gasteiger partial charge in [0, 0.05) is 10.5 Å². The van der Waals surface area contributed by atoms with Crippen molar-refractivity contribution >= 4 is 15.9 Å².